The zero-order valence-corrected chi connectivity index (χ0v) is 10.8. The van der Waals surface area contributed by atoms with E-state index in [0.717, 1.165) is 31.2 Å². The molecular formula is C15H18N2O2. The minimum Gasteiger partial charge on any atom is -0.392 e. The van der Waals surface area contributed by atoms with Crippen molar-refractivity contribution in [3.63, 3.8) is 0 Å². The summed E-state index contributed by atoms with van der Waals surface area (Å²) < 4.78 is 5.36. The zero-order chi connectivity index (χ0) is 13.1. The summed E-state index contributed by atoms with van der Waals surface area (Å²) in [6.45, 7) is 0. The molecule has 1 aliphatic carbocycles. The van der Waals surface area contributed by atoms with Crippen LogP contribution in [0.1, 0.15) is 43.9 Å². The van der Waals surface area contributed by atoms with Crippen LogP contribution in [0, 0.1) is 0 Å². The van der Waals surface area contributed by atoms with E-state index in [1.807, 2.05) is 30.3 Å². The van der Waals surface area contributed by atoms with Crippen LogP contribution in [0.4, 0.5) is 0 Å². The van der Waals surface area contributed by atoms with Gasteiger partial charge in [-0.25, -0.2) is 0 Å². The third kappa shape index (κ3) is 2.68. The molecule has 0 spiro atoms. The van der Waals surface area contributed by atoms with Gasteiger partial charge in [-0.2, -0.15) is 4.98 Å². The smallest absolute Gasteiger partial charge is 0.232 e. The summed E-state index contributed by atoms with van der Waals surface area (Å²) in [5.41, 5.74) is 0.945. The maximum absolute atomic E-state index is 10.2. The van der Waals surface area contributed by atoms with Crippen LogP contribution >= 0.6 is 0 Å². The predicted octanol–water partition coefficient (Wildman–Crippen LogP) is 3.15. The van der Waals surface area contributed by atoms with E-state index in [4.69, 9.17) is 4.52 Å². The number of aliphatic hydroxyl groups is 1. The van der Waals surface area contributed by atoms with Gasteiger partial charge in [0.1, 0.15) is 0 Å². The molecule has 0 radical (unpaired) electrons. The number of hydrogen-bond acceptors (Lipinski definition) is 4. The van der Waals surface area contributed by atoms with Crippen molar-refractivity contribution in [2.45, 2.75) is 44.1 Å². The summed E-state index contributed by atoms with van der Waals surface area (Å²) >= 11 is 0. The van der Waals surface area contributed by atoms with Crippen LogP contribution in [-0.2, 0) is 0 Å². The van der Waals surface area contributed by atoms with E-state index in [2.05, 4.69) is 10.1 Å². The molecule has 1 N–H and O–H groups in total. The van der Waals surface area contributed by atoms with E-state index < -0.39 is 0 Å². The first-order valence-electron chi connectivity index (χ1n) is 6.91. The molecule has 3 rings (SSSR count). The van der Waals surface area contributed by atoms with Crippen LogP contribution in [-0.4, -0.2) is 21.4 Å². The largest absolute Gasteiger partial charge is 0.392 e. The van der Waals surface area contributed by atoms with Crippen LogP contribution in [0.15, 0.2) is 34.9 Å². The van der Waals surface area contributed by atoms with E-state index in [0.29, 0.717) is 11.7 Å². The van der Waals surface area contributed by atoms with Crippen molar-refractivity contribution < 1.29 is 9.63 Å². The minimum absolute atomic E-state index is 0.00698. The Morgan fingerprint density at radius 2 is 1.84 bits per heavy atom. The van der Waals surface area contributed by atoms with Crippen LogP contribution in [0.25, 0.3) is 11.4 Å². The molecule has 1 saturated carbocycles. The highest BCUT2D eigenvalue weighted by molar-refractivity contribution is 5.53. The monoisotopic (exact) mass is 258 g/mol. The Labute approximate surface area is 112 Å². The van der Waals surface area contributed by atoms with Gasteiger partial charge in [-0.1, -0.05) is 54.8 Å². The molecule has 19 heavy (non-hydrogen) atoms. The summed E-state index contributed by atoms with van der Waals surface area (Å²) in [6.07, 6.45) is 4.77. The van der Waals surface area contributed by atoms with Gasteiger partial charge in [0.15, 0.2) is 0 Å². The highest BCUT2D eigenvalue weighted by Gasteiger charge is 2.28. The Morgan fingerprint density at radius 3 is 2.68 bits per heavy atom. The molecule has 2 atom stereocenters. The van der Waals surface area contributed by atoms with Crippen molar-refractivity contribution in [1.29, 1.82) is 0 Å². The molecule has 1 aromatic carbocycles. The fourth-order valence-corrected chi connectivity index (χ4v) is 2.67. The average Bonchev–Trinajstić information content (AvgIpc) is 2.83. The summed E-state index contributed by atoms with van der Waals surface area (Å²) in [5.74, 6) is 1.17. The van der Waals surface area contributed by atoms with Gasteiger partial charge in [-0.3, -0.25) is 0 Å². The molecule has 1 heterocycles. The molecule has 0 bridgehead atoms. The van der Waals surface area contributed by atoms with Gasteiger partial charge >= 0.3 is 0 Å². The molecule has 2 unspecified atom stereocenters. The Balaban J connectivity index is 1.84. The van der Waals surface area contributed by atoms with E-state index in [1.54, 1.807) is 0 Å². The van der Waals surface area contributed by atoms with E-state index in [9.17, 15) is 5.11 Å². The lowest BCUT2D eigenvalue weighted by Crippen LogP contribution is -2.17. The average molecular weight is 258 g/mol. The van der Waals surface area contributed by atoms with Crippen molar-refractivity contribution >= 4 is 0 Å². The summed E-state index contributed by atoms with van der Waals surface area (Å²) in [7, 11) is 0. The molecule has 0 amide bonds. The number of nitrogens with zero attached hydrogens (tertiary/aromatic N) is 2. The van der Waals surface area contributed by atoms with Gasteiger partial charge in [0.2, 0.25) is 11.7 Å². The fourth-order valence-electron chi connectivity index (χ4n) is 2.67. The Bertz CT molecular complexity index is 524. The third-order valence-electron chi connectivity index (χ3n) is 3.77. The van der Waals surface area contributed by atoms with Gasteiger partial charge in [-0.05, 0) is 12.8 Å². The van der Waals surface area contributed by atoms with Crippen LogP contribution < -0.4 is 0 Å². The topological polar surface area (TPSA) is 59.2 Å². The van der Waals surface area contributed by atoms with Crippen LogP contribution in [0.3, 0.4) is 0 Å². The summed E-state index contributed by atoms with van der Waals surface area (Å²) in [6, 6.07) is 9.77. The molecule has 2 aromatic rings. The van der Waals surface area contributed by atoms with Crippen LogP contribution in [0.5, 0.6) is 0 Å². The second kappa shape index (κ2) is 5.53. The third-order valence-corrected chi connectivity index (χ3v) is 3.77. The SMILES string of the molecule is OC1CCCCCC1c1nc(-c2ccccc2)no1. The Morgan fingerprint density at radius 1 is 1.05 bits per heavy atom. The molecule has 1 fully saturated rings. The standard InChI is InChI=1S/C15H18N2O2/c18-13-10-6-2-5-9-12(13)15-16-14(17-19-15)11-7-3-1-4-8-11/h1,3-4,7-8,12-13,18H,2,5-6,9-10H2. The number of aromatic nitrogens is 2. The predicted molar refractivity (Wildman–Crippen MR) is 71.6 cm³/mol. The number of rotatable bonds is 2. The van der Waals surface area contributed by atoms with Crippen molar-refractivity contribution in [2.24, 2.45) is 0 Å². The first-order chi connectivity index (χ1) is 9.34. The summed E-state index contributed by atoms with van der Waals surface area (Å²) in [4.78, 5) is 4.46. The molecule has 4 heteroatoms. The Hall–Kier alpha value is -1.68. The molecule has 1 aromatic heterocycles. The second-order valence-corrected chi connectivity index (χ2v) is 5.13. The number of aliphatic hydroxyl groups excluding tert-OH is 1. The van der Waals surface area contributed by atoms with Gasteiger partial charge < -0.3 is 9.63 Å². The van der Waals surface area contributed by atoms with Crippen molar-refractivity contribution in [2.75, 3.05) is 0 Å². The van der Waals surface area contributed by atoms with Crippen LogP contribution in [0.2, 0.25) is 0 Å². The molecule has 0 saturated heterocycles. The van der Waals surface area contributed by atoms with Gasteiger partial charge in [-0.15, -0.1) is 0 Å². The Kier molecular flexibility index (Phi) is 3.60. The maximum atomic E-state index is 10.2. The lowest BCUT2D eigenvalue weighted by molar-refractivity contribution is 0.119. The highest BCUT2D eigenvalue weighted by atomic mass is 16.5. The lowest BCUT2D eigenvalue weighted by Gasteiger charge is -2.15. The second-order valence-electron chi connectivity index (χ2n) is 5.13. The van der Waals surface area contributed by atoms with Gasteiger partial charge in [0, 0.05) is 5.56 Å². The van der Waals surface area contributed by atoms with Crippen molar-refractivity contribution in [1.82, 2.24) is 10.1 Å². The first-order valence-corrected chi connectivity index (χ1v) is 6.91. The van der Waals surface area contributed by atoms with Crippen molar-refractivity contribution in [3.8, 4) is 11.4 Å². The van der Waals surface area contributed by atoms with E-state index in [1.165, 1.54) is 6.42 Å². The lowest BCUT2D eigenvalue weighted by atomic mass is 9.97. The van der Waals surface area contributed by atoms with Gasteiger partial charge in [0.25, 0.3) is 0 Å². The zero-order valence-electron chi connectivity index (χ0n) is 10.8. The molecule has 1 aliphatic rings. The number of hydrogen-bond donors (Lipinski definition) is 1. The molecule has 4 nitrogen and oxygen atoms in total. The highest BCUT2D eigenvalue weighted by Crippen LogP contribution is 2.32. The summed E-state index contributed by atoms with van der Waals surface area (Å²) in [5, 5.41) is 14.2. The molecule has 100 valence electrons. The molecule has 0 aliphatic heterocycles. The first kappa shape index (κ1) is 12.4. The normalized spacial score (nSPS) is 24.1. The minimum atomic E-state index is -0.355. The van der Waals surface area contributed by atoms with E-state index >= 15 is 0 Å². The van der Waals surface area contributed by atoms with E-state index in [-0.39, 0.29) is 12.0 Å². The quantitative estimate of drug-likeness (QED) is 0.841. The fraction of sp³-hybridized carbons (Fsp3) is 0.467. The molecular weight excluding hydrogens is 240 g/mol. The number of benzene rings is 1. The van der Waals surface area contributed by atoms with Gasteiger partial charge in [0.05, 0.1) is 12.0 Å². The maximum Gasteiger partial charge on any atom is 0.232 e. The van der Waals surface area contributed by atoms with Crippen molar-refractivity contribution in [3.05, 3.63) is 36.2 Å².